The topological polar surface area (TPSA) is 114 Å². The standard InChI is InChI=1S/C37H41BrClN3O7S/c1-6-25(2)40-37(44)32(20-26-11-8-7-9-12-26)41(23-27-13-10-14-28(38)19-27)36(43)24-42(31-21-29(39)15-17-33(31)47-3)50(45,46)30-16-18-34(48-4)35(22-30)49-5/h7-19,21-22,25,32H,6,20,23-24H2,1-5H3,(H,40,44)/t25-,32+/m1/s1. The Hall–Kier alpha value is -4.26. The molecule has 0 aliphatic carbocycles. The van der Waals surface area contributed by atoms with Crippen LogP contribution in [0.3, 0.4) is 0 Å². The molecule has 0 aliphatic heterocycles. The molecule has 0 radical (unpaired) electrons. The fourth-order valence-corrected chi connectivity index (χ4v) is 7.35. The highest BCUT2D eigenvalue weighted by molar-refractivity contribution is 9.10. The van der Waals surface area contributed by atoms with Crippen molar-refractivity contribution in [3.05, 3.63) is 112 Å². The van der Waals surface area contributed by atoms with Crippen molar-refractivity contribution in [2.75, 3.05) is 32.2 Å². The molecule has 0 saturated heterocycles. The van der Waals surface area contributed by atoms with E-state index in [0.29, 0.717) is 12.2 Å². The fourth-order valence-electron chi connectivity index (χ4n) is 5.30. The summed E-state index contributed by atoms with van der Waals surface area (Å²) >= 11 is 9.90. The maximum atomic E-state index is 14.8. The Kier molecular flexibility index (Phi) is 13.6. The lowest BCUT2D eigenvalue weighted by atomic mass is 10.0. The van der Waals surface area contributed by atoms with Crippen LogP contribution in [0, 0.1) is 0 Å². The van der Waals surface area contributed by atoms with E-state index in [-0.39, 0.29) is 52.0 Å². The number of hydrogen-bond donors (Lipinski definition) is 1. The first-order valence-electron chi connectivity index (χ1n) is 15.9. The van der Waals surface area contributed by atoms with Crippen molar-refractivity contribution in [2.45, 2.75) is 50.2 Å². The third-order valence-corrected chi connectivity index (χ3v) is 10.6. The number of nitrogens with zero attached hydrogens (tertiary/aromatic N) is 2. The number of ether oxygens (including phenoxy) is 3. The van der Waals surface area contributed by atoms with Gasteiger partial charge >= 0.3 is 0 Å². The van der Waals surface area contributed by atoms with E-state index in [4.69, 9.17) is 25.8 Å². The van der Waals surface area contributed by atoms with Crippen LogP contribution in [0.5, 0.6) is 17.2 Å². The maximum Gasteiger partial charge on any atom is 0.265 e. The predicted octanol–water partition coefficient (Wildman–Crippen LogP) is 6.88. The number of benzene rings is 4. The van der Waals surface area contributed by atoms with E-state index < -0.39 is 28.5 Å². The Labute approximate surface area is 307 Å². The number of rotatable bonds is 16. The number of nitrogens with one attached hydrogen (secondary N) is 1. The minimum absolute atomic E-state index is 0.0145. The minimum atomic E-state index is -4.49. The van der Waals surface area contributed by atoms with Gasteiger partial charge < -0.3 is 24.4 Å². The number of amides is 2. The largest absolute Gasteiger partial charge is 0.495 e. The Bertz CT molecular complexity index is 1900. The molecule has 4 aromatic carbocycles. The van der Waals surface area contributed by atoms with Crippen molar-refractivity contribution in [3.63, 3.8) is 0 Å². The van der Waals surface area contributed by atoms with E-state index in [1.54, 1.807) is 6.07 Å². The molecule has 2 amide bonds. The molecule has 4 rings (SSSR count). The van der Waals surface area contributed by atoms with Crippen LogP contribution in [-0.4, -0.2) is 65.1 Å². The van der Waals surface area contributed by atoms with E-state index in [2.05, 4.69) is 21.2 Å². The first kappa shape index (κ1) is 38.5. The molecule has 50 heavy (non-hydrogen) atoms. The van der Waals surface area contributed by atoms with E-state index in [1.165, 1.54) is 56.6 Å². The minimum Gasteiger partial charge on any atom is -0.495 e. The summed E-state index contributed by atoms with van der Waals surface area (Å²) in [5.41, 5.74) is 1.60. The lowest BCUT2D eigenvalue weighted by Crippen LogP contribution is -2.54. The molecule has 10 nitrogen and oxygen atoms in total. The third kappa shape index (κ3) is 9.49. The van der Waals surface area contributed by atoms with Gasteiger partial charge in [-0.3, -0.25) is 13.9 Å². The average molecular weight is 787 g/mol. The van der Waals surface area contributed by atoms with Gasteiger partial charge in [-0.2, -0.15) is 0 Å². The molecule has 0 fully saturated rings. The van der Waals surface area contributed by atoms with Gasteiger partial charge in [0, 0.05) is 34.6 Å². The van der Waals surface area contributed by atoms with E-state index in [9.17, 15) is 18.0 Å². The van der Waals surface area contributed by atoms with Crippen LogP contribution in [0.15, 0.2) is 100 Å². The first-order valence-corrected chi connectivity index (χ1v) is 18.5. The number of carbonyl (C=O) groups is 2. The van der Waals surface area contributed by atoms with Gasteiger partial charge in [0.15, 0.2) is 11.5 Å². The van der Waals surface area contributed by atoms with Crippen molar-refractivity contribution >= 4 is 55.1 Å². The highest BCUT2D eigenvalue weighted by atomic mass is 79.9. The van der Waals surface area contributed by atoms with Gasteiger partial charge in [-0.1, -0.05) is 76.9 Å². The van der Waals surface area contributed by atoms with Crippen LogP contribution in [0.4, 0.5) is 5.69 Å². The fraction of sp³-hybridized carbons (Fsp3) is 0.297. The summed E-state index contributed by atoms with van der Waals surface area (Å²) in [7, 11) is -0.263. The molecule has 0 aliphatic rings. The van der Waals surface area contributed by atoms with Crippen LogP contribution in [0.2, 0.25) is 5.02 Å². The second-order valence-corrected chi connectivity index (χ2v) is 14.7. The molecule has 4 aromatic rings. The molecule has 0 heterocycles. The van der Waals surface area contributed by atoms with Gasteiger partial charge in [-0.25, -0.2) is 8.42 Å². The van der Waals surface area contributed by atoms with E-state index >= 15 is 0 Å². The highest BCUT2D eigenvalue weighted by Crippen LogP contribution is 2.37. The lowest BCUT2D eigenvalue weighted by Gasteiger charge is -2.34. The molecular formula is C37H41BrClN3O7S. The van der Waals surface area contributed by atoms with Gasteiger partial charge in [0.1, 0.15) is 18.3 Å². The van der Waals surface area contributed by atoms with Crippen molar-refractivity contribution in [3.8, 4) is 17.2 Å². The number of methoxy groups -OCH3 is 3. The molecule has 266 valence electrons. The lowest BCUT2D eigenvalue weighted by molar-refractivity contribution is -0.140. The zero-order valence-corrected chi connectivity index (χ0v) is 31.7. The SMILES string of the molecule is CC[C@@H](C)NC(=O)[C@H](Cc1ccccc1)N(Cc1cccc(Br)c1)C(=O)CN(c1cc(Cl)ccc1OC)S(=O)(=O)c1ccc(OC)c(OC)c1. The summed E-state index contributed by atoms with van der Waals surface area (Å²) < 4.78 is 47.2. The zero-order valence-electron chi connectivity index (χ0n) is 28.6. The van der Waals surface area contributed by atoms with Gasteiger partial charge in [0.05, 0.1) is 31.9 Å². The molecule has 1 N–H and O–H groups in total. The summed E-state index contributed by atoms with van der Waals surface area (Å²) in [5.74, 6) is -0.317. The predicted molar refractivity (Wildman–Crippen MR) is 199 cm³/mol. The van der Waals surface area contributed by atoms with Gasteiger partial charge in [0.2, 0.25) is 11.8 Å². The van der Waals surface area contributed by atoms with Crippen LogP contribution in [0.25, 0.3) is 0 Å². The number of halogens is 2. The summed E-state index contributed by atoms with van der Waals surface area (Å²) in [6.45, 7) is 3.17. The average Bonchev–Trinajstić information content (AvgIpc) is 3.11. The van der Waals surface area contributed by atoms with Crippen molar-refractivity contribution < 1.29 is 32.2 Å². The third-order valence-electron chi connectivity index (χ3n) is 8.15. The van der Waals surface area contributed by atoms with Crippen molar-refractivity contribution in [1.29, 1.82) is 0 Å². The number of carbonyl (C=O) groups excluding carboxylic acids is 2. The first-order chi connectivity index (χ1) is 23.9. The summed E-state index contributed by atoms with van der Waals surface area (Å²) in [4.78, 5) is 30.1. The molecular weight excluding hydrogens is 746 g/mol. The van der Waals surface area contributed by atoms with Gasteiger partial charge in [-0.15, -0.1) is 0 Å². The second kappa shape index (κ2) is 17.6. The maximum absolute atomic E-state index is 14.8. The van der Waals surface area contributed by atoms with Crippen LogP contribution >= 0.6 is 27.5 Å². The zero-order chi connectivity index (χ0) is 36.4. The summed E-state index contributed by atoms with van der Waals surface area (Å²) in [5, 5.41) is 3.26. The number of hydrogen-bond acceptors (Lipinski definition) is 7. The molecule has 0 bridgehead atoms. The normalized spacial score (nSPS) is 12.4. The summed E-state index contributed by atoms with van der Waals surface area (Å²) in [6.07, 6.45) is 0.862. The quantitative estimate of drug-likeness (QED) is 0.132. The molecule has 13 heteroatoms. The highest BCUT2D eigenvalue weighted by Gasteiger charge is 2.36. The van der Waals surface area contributed by atoms with E-state index in [0.717, 1.165) is 19.9 Å². The monoisotopic (exact) mass is 785 g/mol. The summed E-state index contributed by atoms with van der Waals surface area (Å²) in [6, 6.07) is 24.2. The van der Waals surface area contributed by atoms with Crippen molar-refractivity contribution in [2.24, 2.45) is 0 Å². The van der Waals surface area contributed by atoms with Crippen LogP contribution in [0.1, 0.15) is 31.4 Å². The van der Waals surface area contributed by atoms with Gasteiger partial charge in [-0.05, 0) is 66.9 Å². The Morgan fingerprint density at radius 1 is 0.840 bits per heavy atom. The van der Waals surface area contributed by atoms with Gasteiger partial charge in [0.25, 0.3) is 10.0 Å². The Morgan fingerprint density at radius 2 is 1.50 bits per heavy atom. The smallest absolute Gasteiger partial charge is 0.265 e. The van der Waals surface area contributed by atoms with Crippen LogP contribution < -0.4 is 23.8 Å². The van der Waals surface area contributed by atoms with Crippen molar-refractivity contribution in [1.82, 2.24) is 10.2 Å². The molecule has 0 unspecified atom stereocenters. The van der Waals surface area contributed by atoms with E-state index in [1.807, 2.05) is 68.4 Å². The second-order valence-electron chi connectivity index (χ2n) is 11.5. The number of anilines is 1. The Balaban J connectivity index is 1.89. The Morgan fingerprint density at radius 3 is 2.14 bits per heavy atom. The molecule has 0 saturated carbocycles. The molecule has 2 atom stereocenters. The van der Waals surface area contributed by atoms with Crippen LogP contribution in [-0.2, 0) is 32.6 Å². The molecule has 0 aromatic heterocycles. The number of sulfonamides is 1. The molecule has 0 spiro atoms.